The molecule has 0 amide bonds. The maximum absolute atomic E-state index is 5.98. The molecule has 2 aromatic heterocycles. The maximum atomic E-state index is 5.98. The molecule has 2 aromatic rings. The fraction of sp³-hybridized carbons (Fsp3) is 0.364. The molecule has 0 atom stereocenters. The number of nitrogens with zero attached hydrogens (tertiary/aromatic N) is 3. The second kappa shape index (κ2) is 5.75. The van der Waals surface area contributed by atoms with Crippen molar-refractivity contribution in [3.63, 3.8) is 0 Å². The first kappa shape index (κ1) is 12.0. The van der Waals surface area contributed by atoms with Crippen LogP contribution in [0.3, 0.4) is 0 Å². The zero-order valence-electron chi connectivity index (χ0n) is 9.48. The van der Waals surface area contributed by atoms with Gasteiger partial charge in [-0.15, -0.1) is 0 Å². The van der Waals surface area contributed by atoms with Gasteiger partial charge in [-0.3, -0.25) is 4.98 Å². The van der Waals surface area contributed by atoms with Gasteiger partial charge in [0.15, 0.2) is 5.82 Å². The van der Waals surface area contributed by atoms with Crippen LogP contribution in [0.15, 0.2) is 23.0 Å². The Hall–Kier alpha value is -1.46. The van der Waals surface area contributed by atoms with Crippen LogP contribution in [0.25, 0.3) is 0 Å². The van der Waals surface area contributed by atoms with Crippen LogP contribution in [0.1, 0.15) is 17.3 Å². The summed E-state index contributed by atoms with van der Waals surface area (Å²) in [6.07, 6.45) is 4.08. The minimum atomic E-state index is 0.649. The molecular formula is C11H13ClN4O. The molecule has 0 aromatic carbocycles. The monoisotopic (exact) mass is 252 g/mol. The number of nitrogens with one attached hydrogen (secondary N) is 1. The summed E-state index contributed by atoms with van der Waals surface area (Å²) in [7, 11) is 0. The summed E-state index contributed by atoms with van der Waals surface area (Å²) in [5, 5.41) is 7.66. The van der Waals surface area contributed by atoms with Crippen LogP contribution >= 0.6 is 11.6 Å². The van der Waals surface area contributed by atoms with E-state index in [1.54, 1.807) is 19.3 Å². The predicted octanol–water partition coefficient (Wildman–Crippen LogP) is 1.76. The summed E-state index contributed by atoms with van der Waals surface area (Å²) in [5.74, 6) is 1.31. The lowest BCUT2D eigenvalue weighted by Crippen LogP contribution is -2.17. The minimum absolute atomic E-state index is 0.649. The Morgan fingerprint density at radius 3 is 3.06 bits per heavy atom. The topological polar surface area (TPSA) is 63.8 Å². The zero-order valence-corrected chi connectivity index (χ0v) is 10.2. The largest absolute Gasteiger partial charge is 0.339 e. The van der Waals surface area contributed by atoms with Gasteiger partial charge in [0.2, 0.25) is 5.89 Å². The molecule has 90 valence electrons. The Morgan fingerprint density at radius 2 is 2.35 bits per heavy atom. The van der Waals surface area contributed by atoms with Crippen molar-refractivity contribution in [3.05, 3.63) is 40.8 Å². The molecule has 0 fully saturated rings. The molecule has 0 bridgehead atoms. The van der Waals surface area contributed by atoms with Gasteiger partial charge in [0, 0.05) is 31.9 Å². The van der Waals surface area contributed by atoms with Crippen LogP contribution in [-0.2, 0) is 13.0 Å². The summed E-state index contributed by atoms with van der Waals surface area (Å²) in [4.78, 5) is 8.05. The van der Waals surface area contributed by atoms with E-state index in [0.29, 0.717) is 29.7 Å². The highest BCUT2D eigenvalue weighted by molar-refractivity contribution is 6.31. The van der Waals surface area contributed by atoms with Crippen molar-refractivity contribution in [3.8, 4) is 0 Å². The molecular weight excluding hydrogens is 240 g/mol. The first-order chi connectivity index (χ1) is 8.25. The number of hydrogen-bond acceptors (Lipinski definition) is 5. The highest BCUT2D eigenvalue weighted by atomic mass is 35.5. The lowest BCUT2D eigenvalue weighted by molar-refractivity contribution is 0.372. The number of pyridine rings is 1. The second-order valence-electron chi connectivity index (χ2n) is 3.63. The Balaban J connectivity index is 1.75. The van der Waals surface area contributed by atoms with Crippen molar-refractivity contribution < 1.29 is 4.52 Å². The third-order valence-corrected chi connectivity index (χ3v) is 2.60. The van der Waals surface area contributed by atoms with Gasteiger partial charge in [-0.1, -0.05) is 16.8 Å². The van der Waals surface area contributed by atoms with Crippen molar-refractivity contribution in [2.75, 3.05) is 6.54 Å². The van der Waals surface area contributed by atoms with Crippen LogP contribution in [0, 0.1) is 6.92 Å². The van der Waals surface area contributed by atoms with Crippen molar-refractivity contribution >= 4 is 11.6 Å². The van der Waals surface area contributed by atoms with Gasteiger partial charge in [-0.25, -0.2) is 0 Å². The minimum Gasteiger partial charge on any atom is -0.339 e. The summed E-state index contributed by atoms with van der Waals surface area (Å²) in [6, 6.07) is 1.90. The first-order valence-corrected chi connectivity index (χ1v) is 5.72. The molecule has 0 radical (unpaired) electrons. The van der Waals surface area contributed by atoms with Gasteiger partial charge in [-0.2, -0.15) is 4.98 Å². The average Bonchev–Trinajstić information content (AvgIpc) is 2.73. The molecule has 0 unspecified atom stereocenters. The SMILES string of the molecule is Cc1noc(CCNCc2ccncc2Cl)n1. The normalized spacial score (nSPS) is 10.7. The van der Waals surface area contributed by atoms with E-state index in [-0.39, 0.29) is 0 Å². The van der Waals surface area contributed by atoms with Crippen LogP contribution < -0.4 is 5.32 Å². The van der Waals surface area contributed by atoms with Gasteiger partial charge < -0.3 is 9.84 Å². The molecule has 0 aliphatic carbocycles. The highest BCUT2D eigenvalue weighted by Gasteiger charge is 2.02. The van der Waals surface area contributed by atoms with Crippen molar-refractivity contribution in [1.82, 2.24) is 20.4 Å². The quantitative estimate of drug-likeness (QED) is 0.822. The van der Waals surface area contributed by atoms with Gasteiger partial charge in [0.25, 0.3) is 0 Å². The second-order valence-corrected chi connectivity index (χ2v) is 4.04. The van der Waals surface area contributed by atoms with Crippen LogP contribution in [0.2, 0.25) is 5.02 Å². The Bertz CT molecular complexity index is 486. The van der Waals surface area contributed by atoms with E-state index in [0.717, 1.165) is 12.1 Å². The van der Waals surface area contributed by atoms with Gasteiger partial charge in [-0.05, 0) is 18.6 Å². The van der Waals surface area contributed by atoms with Crippen molar-refractivity contribution in [2.45, 2.75) is 19.9 Å². The predicted molar refractivity (Wildman–Crippen MR) is 63.7 cm³/mol. The van der Waals surface area contributed by atoms with Crippen LogP contribution in [0.4, 0.5) is 0 Å². The van der Waals surface area contributed by atoms with E-state index in [9.17, 15) is 0 Å². The fourth-order valence-corrected chi connectivity index (χ4v) is 1.59. The Kier molecular flexibility index (Phi) is 4.06. The molecule has 0 aliphatic heterocycles. The standard InChI is InChI=1S/C11H13ClN4O/c1-8-15-11(17-16-8)3-5-13-6-9-2-4-14-7-10(9)12/h2,4,7,13H,3,5-6H2,1H3. The molecule has 0 saturated heterocycles. The van der Waals surface area contributed by atoms with Crippen LogP contribution in [-0.4, -0.2) is 21.7 Å². The summed E-state index contributed by atoms with van der Waals surface area (Å²) in [5.41, 5.74) is 1.03. The van der Waals surface area contributed by atoms with Gasteiger partial charge in [0.1, 0.15) is 0 Å². The Morgan fingerprint density at radius 1 is 1.47 bits per heavy atom. The van der Waals surface area contributed by atoms with Crippen LogP contribution in [0.5, 0.6) is 0 Å². The number of aromatic nitrogens is 3. The average molecular weight is 253 g/mol. The summed E-state index contributed by atoms with van der Waals surface area (Å²) >= 11 is 5.98. The third kappa shape index (κ3) is 3.51. The molecule has 17 heavy (non-hydrogen) atoms. The molecule has 2 rings (SSSR count). The number of aryl methyl sites for hydroxylation is 1. The van der Waals surface area contributed by atoms with Crippen molar-refractivity contribution in [1.29, 1.82) is 0 Å². The Labute approximate surface area is 104 Å². The van der Waals surface area contributed by atoms with E-state index in [1.807, 2.05) is 6.07 Å². The molecule has 1 N–H and O–H groups in total. The van der Waals surface area contributed by atoms with Gasteiger partial charge >= 0.3 is 0 Å². The van der Waals surface area contributed by atoms with Crippen molar-refractivity contribution in [2.24, 2.45) is 0 Å². The smallest absolute Gasteiger partial charge is 0.227 e. The molecule has 0 aliphatic rings. The van der Waals surface area contributed by atoms with E-state index < -0.39 is 0 Å². The summed E-state index contributed by atoms with van der Waals surface area (Å²) in [6.45, 7) is 3.27. The number of halogens is 1. The molecule has 6 heteroatoms. The first-order valence-electron chi connectivity index (χ1n) is 5.34. The highest BCUT2D eigenvalue weighted by Crippen LogP contribution is 2.12. The third-order valence-electron chi connectivity index (χ3n) is 2.26. The summed E-state index contributed by atoms with van der Waals surface area (Å²) < 4.78 is 5.00. The molecule has 2 heterocycles. The lowest BCUT2D eigenvalue weighted by atomic mass is 10.2. The zero-order chi connectivity index (χ0) is 12.1. The van der Waals surface area contributed by atoms with E-state index in [1.165, 1.54) is 0 Å². The van der Waals surface area contributed by atoms with E-state index in [4.69, 9.17) is 16.1 Å². The molecule has 0 spiro atoms. The number of rotatable bonds is 5. The van der Waals surface area contributed by atoms with E-state index in [2.05, 4.69) is 20.4 Å². The maximum Gasteiger partial charge on any atom is 0.227 e. The molecule has 0 saturated carbocycles. The molecule has 5 nitrogen and oxygen atoms in total. The number of hydrogen-bond donors (Lipinski definition) is 1. The van der Waals surface area contributed by atoms with Gasteiger partial charge in [0.05, 0.1) is 5.02 Å². The fourth-order valence-electron chi connectivity index (χ4n) is 1.41. The lowest BCUT2D eigenvalue weighted by Gasteiger charge is -2.04. The van der Waals surface area contributed by atoms with E-state index >= 15 is 0 Å².